The standard InChI is InChI=1S/C45H53ClN2O6S2/c1-44(2)39(47(27-9-10-29-55(49,50)51)37-23-19-31-13-5-7-17-35(31)41(37)44)25-21-33-15-11-16-34(43(33)46)22-26-40-45(3,4)42-36-18-8-6-14-32(36)20-24-38(42)48(40)28-12-30-56(52,53)54/h5-8,13-14,17-26,38,40,42H,9-12,15-16,27-30H2,1-4H3,(H,49,50,51)(H,52,53,54)/b26-22+,33-21+,39-25+. The van der Waals surface area contributed by atoms with E-state index in [1.807, 2.05) is 6.07 Å². The van der Waals surface area contributed by atoms with Crippen LogP contribution < -0.4 is 4.90 Å². The van der Waals surface area contributed by atoms with Crippen molar-refractivity contribution in [3.63, 3.8) is 0 Å². The average Bonchev–Trinajstić information content (AvgIpc) is 3.49. The third kappa shape index (κ3) is 8.11. The Labute approximate surface area is 337 Å². The minimum Gasteiger partial charge on any atom is -0.344 e. The van der Waals surface area contributed by atoms with E-state index in [1.54, 1.807) is 0 Å². The number of nitrogens with zero attached hydrogens (tertiary/aromatic N) is 2. The molecule has 7 rings (SSSR count). The van der Waals surface area contributed by atoms with E-state index in [4.69, 9.17) is 11.6 Å². The SMILES string of the molecule is CC1(C)/C(=C\C=C2/CCCC(/C=C/C3N(CCCS(=O)(=O)O)C4C=Cc5ccccc5C4C3(C)C)=C2Cl)N(CCCCS(=O)(=O)O)c2ccc3ccccc3c21. The molecule has 0 spiro atoms. The molecule has 0 saturated carbocycles. The van der Waals surface area contributed by atoms with Crippen molar-refractivity contribution in [2.75, 3.05) is 29.5 Å². The van der Waals surface area contributed by atoms with Gasteiger partial charge in [0.25, 0.3) is 20.2 Å². The van der Waals surface area contributed by atoms with Crippen LogP contribution in [0.2, 0.25) is 0 Å². The summed E-state index contributed by atoms with van der Waals surface area (Å²) in [6, 6.07) is 21.3. The second-order valence-electron chi connectivity index (χ2n) is 16.8. The summed E-state index contributed by atoms with van der Waals surface area (Å²) in [5.41, 5.74) is 7.57. The maximum atomic E-state index is 11.7. The summed E-state index contributed by atoms with van der Waals surface area (Å²) in [7, 11) is -8.11. The van der Waals surface area contributed by atoms with Gasteiger partial charge in [0.2, 0.25) is 0 Å². The highest BCUT2D eigenvalue weighted by molar-refractivity contribution is 7.86. The van der Waals surface area contributed by atoms with Gasteiger partial charge in [0.1, 0.15) is 0 Å². The highest BCUT2D eigenvalue weighted by Crippen LogP contribution is 2.55. The first-order valence-corrected chi connectivity index (χ1v) is 23.3. The fourth-order valence-electron chi connectivity index (χ4n) is 9.88. The van der Waals surface area contributed by atoms with E-state index in [2.05, 4.69) is 129 Å². The maximum Gasteiger partial charge on any atom is 0.264 e. The zero-order valence-electron chi connectivity index (χ0n) is 32.7. The van der Waals surface area contributed by atoms with Gasteiger partial charge in [0, 0.05) is 52.9 Å². The van der Waals surface area contributed by atoms with Gasteiger partial charge in [-0.15, -0.1) is 0 Å². The van der Waals surface area contributed by atoms with Crippen LogP contribution in [0.5, 0.6) is 0 Å². The van der Waals surface area contributed by atoms with E-state index in [9.17, 15) is 25.9 Å². The second-order valence-corrected chi connectivity index (χ2v) is 20.4. The lowest BCUT2D eigenvalue weighted by Gasteiger charge is -2.34. The van der Waals surface area contributed by atoms with E-state index in [-0.39, 0.29) is 40.3 Å². The molecule has 4 aliphatic rings. The van der Waals surface area contributed by atoms with Crippen LogP contribution in [-0.2, 0) is 25.7 Å². The largest absolute Gasteiger partial charge is 0.344 e. The molecule has 0 amide bonds. The van der Waals surface area contributed by atoms with Crippen molar-refractivity contribution in [2.45, 2.75) is 89.6 Å². The zero-order valence-corrected chi connectivity index (χ0v) is 35.0. The first-order chi connectivity index (χ1) is 26.5. The molecular formula is C45H53ClN2O6S2. The quantitative estimate of drug-likeness (QED) is 0.137. The van der Waals surface area contributed by atoms with Crippen LogP contribution in [0.1, 0.15) is 88.8 Å². The van der Waals surface area contributed by atoms with Crippen molar-refractivity contribution in [3.8, 4) is 0 Å². The van der Waals surface area contributed by atoms with Gasteiger partial charge < -0.3 is 4.90 Å². The van der Waals surface area contributed by atoms with Crippen LogP contribution in [0.15, 0.2) is 113 Å². The maximum absolute atomic E-state index is 11.7. The highest BCUT2D eigenvalue weighted by Gasteiger charge is 2.53. The van der Waals surface area contributed by atoms with Gasteiger partial charge in [-0.25, -0.2) is 0 Å². The lowest BCUT2D eigenvalue weighted by Crippen LogP contribution is -2.39. The van der Waals surface area contributed by atoms with Crippen molar-refractivity contribution in [1.82, 2.24) is 4.90 Å². The number of hydrogen-bond acceptors (Lipinski definition) is 6. The summed E-state index contributed by atoms with van der Waals surface area (Å²) in [5, 5.41) is 3.11. The summed E-state index contributed by atoms with van der Waals surface area (Å²) in [4.78, 5) is 4.69. The molecule has 0 bridgehead atoms. The molecule has 1 fully saturated rings. The van der Waals surface area contributed by atoms with Crippen LogP contribution in [-0.4, -0.2) is 67.5 Å². The number of likely N-dealkylation sites (tertiary alicyclic amines) is 1. The van der Waals surface area contributed by atoms with Crippen LogP contribution in [0.3, 0.4) is 0 Å². The molecule has 3 aromatic rings. The molecule has 2 aliphatic heterocycles. The van der Waals surface area contributed by atoms with Crippen LogP contribution in [0.25, 0.3) is 16.8 Å². The molecule has 0 aromatic heterocycles. The van der Waals surface area contributed by atoms with E-state index < -0.39 is 20.2 Å². The van der Waals surface area contributed by atoms with Crippen LogP contribution in [0, 0.1) is 5.41 Å². The number of unbranched alkanes of at least 4 members (excludes halogenated alkanes) is 1. The first kappa shape index (κ1) is 40.7. The van der Waals surface area contributed by atoms with Gasteiger partial charge in [-0.2, -0.15) is 16.8 Å². The van der Waals surface area contributed by atoms with E-state index >= 15 is 0 Å². The Morgan fingerprint density at radius 2 is 1.55 bits per heavy atom. The molecule has 11 heteroatoms. The van der Waals surface area contributed by atoms with Gasteiger partial charge in [0.15, 0.2) is 0 Å². The van der Waals surface area contributed by atoms with Gasteiger partial charge in [-0.05, 0) is 94.7 Å². The summed E-state index contributed by atoms with van der Waals surface area (Å²) >= 11 is 7.29. The monoisotopic (exact) mass is 816 g/mol. The highest BCUT2D eigenvalue weighted by atomic mass is 35.5. The third-order valence-corrected chi connectivity index (χ3v) is 14.5. The minimum absolute atomic E-state index is 0.00913. The zero-order chi connectivity index (χ0) is 40.0. The fraction of sp³-hybridized carbons (Fsp3) is 0.422. The Morgan fingerprint density at radius 1 is 0.839 bits per heavy atom. The lowest BCUT2D eigenvalue weighted by atomic mass is 9.68. The van der Waals surface area contributed by atoms with Crippen LogP contribution >= 0.6 is 11.6 Å². The first-order valence-electron chi connectivity index (χ1n) is 19.7. The molecule has 3 aromatic carbocycles. The predicted octanol–water partition coefficient (Wildman–Crippen LogP) is 9.82. The number of allylic oxidation sites excluding steroid dienone is 7. The van der Waals surface area contributed by atoms with E-state index in [0.717, 1.165) is 46.8 Å². The normalized spacial score (nSPS) is 24.8. The predicted molar refractivity (Wildman–Crippen MR) is 229 cm³/mol. The average molecular weight is 818 g/mol. The Kier molecular flexibility index (Phi) is 11.4. The Morgan fingerprint density at radius 3 is 2.32 bits per heavy atom. The number of benzene rings is 3. The number of halogens is 1. The molecule has 1 saturated heterocycles. The molecular weight excluding hydrogens is 764 g/mol. The Balaban J connectivity index is 1.21. The smallest absolute Gasteiger partial charge is 0.264 e. The molecule has 56 heavy (non-hydrogen) atoms. The lowest BCUT2D eigenvalue weighted by molar-refractivity contribution is 0.206. The van der Waals surface area contributed by atoms with Crippen molar-refractivity contribution in [2.24, 2.45) is 5.41 Å². The van der Waals surface area contributed by atoms with Crippen LogP contribution in [0.4, 0.5) is 5.69 Å². The molecule has 2 heterocycles. The summed E-state index contributed by atoms with van der Waals surface area (Å²) < 4.78 is 65.3. The topological polar surface area (TPSA) is 115 Å². The summed E-state index contributed by atoms with van der Waals surface area (Å²) in [6.45, 7) is 10.2. The van der Waals surface area contributed by atoms with E-state index in [0.29, 0.717) is 32.4 Å². The van der Waals surface area contributed by atoms with Crippen molar-refractivity contribution < 1.29 is 25.9 Å². The summed E-state index contributed by atoms with van der Waals surface area (Å²) in [5.74, 6) is -0.340. The van der Waals surface area contributed by atoms with Gasteiger partial charge >= 0.3 is 0 Å². The van der Waals surface area contributed by atoms with Crippen molar-refractivity contribution in [1.29, 1.82) is 0 Å². The molecule has 0 radical (unpaired) electrons. The molecule has 3 unspecified atom stereocenters. The number of fused-ring (bicyclic) bond motifs is 6. The molecule has 2 N–H and O–H groups in total. The molecule has 3 atom stereocenters. The number of anilines is 1. The number of hydrogen-bond donors (Lipinski definition) is 2. The summed E-state index contributed by atoms with van der Waals surface area (Å²) in [6.07, 6.45) is 17.1. The van der Waals surface area contributed by atoms with E-state index in [1.165, 1.54) is 27.5 Å². The van der Waals surface area contributed by atoms with Gasteiger partial charge in [-0.1, -0.05) is 124 Å². The number of rotatable bonds is 12. The third-order valence-electron chi connectivity index (χ3n) is 12.4. The Hall–Kier alpha value is -3.51. The molecule has 298 valence electrons. The van der Waals surface area contributed by atoms with Crippen molar-refractivity contribution in [3.05, 3.63) is 130 Å². The minimum atomic E-state index is -4.07. The Bertz CT molecular complexity index is 2390. The molecule has 2 aliphatic carbocycles. The fourth-order valence-corrected chi connectivity index (χ4v) is 11.3. The van der Waals surface area contributed by atoms with Crippen molar-refractivity contribution >= 4 is 54.4 Å². The molecule has 8 nitrogen and oxygen atoms in total. The van der Waals surface area contributed by atoms with Gasteiger partial charge in [-0.3, -0.25) is 14.0 Å². The second kappa shape index (κ2) is 15.7. The van der Waals surface area contributed by atoms with Gasteiger partial charge in [0.05, 0.1) is 11.5 Å².